The summed E-state index contributed by atoms with van der Waals surface area (Å²) in [5.41, 5.74) is 2.95. The lowest BCUT2D eigenvalue weighted by atomic mass is 10.2. The molecule has 0 aliphatic carbocycles. The molecule has 0 spiro atoms. The van der Waals surface area contributed by atoms with Crippen LogP contribution in [0.2, 0.25) is 5.02 Å². The zero-order chi connectivity index (χ0) is 23.2. The SMILES string of the molecule is Cc1ccc(NC(=O)CSc2nccn2-c2cccc(C(=O)NCc3cccs3)c2)c(Cl)c1. The Morgan fingerprint density at radius 3 is 2.82 bits per heavy atom. The minimum absolute atomic E-state index is 0.145. The van der Waals surface area contributed by atoms with Crippen LogP contribution in [0.15, 0.2) is 77.5 Å². The average molecular weight is 497 g/mol. The fourth-order valence-corrected chi connectivity index (χ4v) is 4.81. The Morgan fingerprint density at radius 2 is 2.03 bits per heavy atom. The molecular formula is C24H21ClN4O2S2. The normalized spacial score (nSPS) is 10.7. The molecule has 2 aromatic heterocycles. The maximum absolute atomic E-state index is 12.6. The Bertz CT molecular complexity index is 1270. The van der Waals surface area contributed by atoms with E-state index in [9.17, 15) is 9.59 Å². The highest BCUT2D eigenvalue weighted by Crippen LogP contribution is 2.25. The van der Waals surface area contributed by atoms with Crippen LogP contribution in [0, 0.1) is 6.92 Å². The molecule has 0 radical (unpaired) electrons. The zero-order valence-corrected chi connectivity index (χ0v) is 20.1. The van der Waals surface area contributed by atoms with Crippen molar-refractivity contribution in [2.75, 3.05) is 11.1 Å². The number of carbonyl (C=O) groups excluding carboxylic acids is 2. The van der Waals surface area contributed by atoms with Crippen molar-refractivity contribution in [3.05, 3.63) is 93.4 Å². The van der Waals surface area contributed by atoms with Crippen molar-refractivity contribution in [3.8, 4) is 5.69 Å². The van der Waals surface area contributed by atoms with Gasteiger partial charge in [-0.05, 0) is 54.3 Å². The minimum Gasteiger partial charge on any atom is -0.347 e. The van der Waals surface area contributed by atoms with Gasteiger partial charge in [0.2, 0.25) is 5.91 Å². The average Bonchev–Trinajstić information content (AvgIpc) is 3.50. The molecule has 168 valence electrons. The van der Waals surface area contributed by atoms with Gasteiger partial charge in [-0.15, -0.1) is 11.3 Å². The first-order chi connectivity index (χ1) is 16.0. The van der Waals surface area contributed by atoms with Crippen LogP contribution >= 0.6 is 34.7 Å². The van der Waals surface area contributed by atoms with Crippen LogP contribution in [0.25, 0.3) is 5.69 Å². The summed E-state index contributed by atoms with van der Waals surface area (Å²) in [4.78, 5) is 30.5. The summed E-state index contributed by atoms with van der Waals surface area (Å²) in [6.45, 7) is 2.43. The van der Waals surface area contributed by atoms with E-state index in [0.717, 1.165) is 16.1 Å². The number of anilines is 1. The quantitative estimate of drug-likeness (QED) is 0.313. The minimum atomic E-state index is -0.179. The zero-order valence-electron chi connectivity index (χ0n) is 17.7. The van der Waals surface area contributed by atoms with Crippen molar-refractivity contribution in [3.63, 3.8) is 0 Å². The summed E-state index contributed by atoms with van der Waals surface area (Å²) in [6.07, 6.45) is 3.47. The molecule has 0 fully saturated rings. The molecular weight excluding hydrogens is 476 g/mol. The maximum Gasteiger partial charge on any atom is 0.251 e. The smallest absolute Gasteiger partial charge is 0.251 e. The van der Waals surface area contributed by atoms with Crippen molar-refractivity contribution >= 4 is 52.2 Å². The third-order valence-corrected chi connectivity index (χ3v) is 6.88. The van der Waals surface area contributed by atoms with Gasteiger partial charge < -0.3 is 10.6 Å². The highest BCUT2D eigenvalue weighted by atomic mass is 35.5. The Balaban J connectivity index is 1.40. The van der Waals surface area contributed by atoms with Gasteiger partial charge in [-0.1, -0.05) is 41.6 Å². The van der Waals surface area contributed by atoms with Crippen LogP contribution in [0.5, 0.6) is 0 Å². The Morgan fingerprint density at radius 1 is 1.15 bits per heavy atom. The van der Waals surface area contributed by atoms with Crippen LogP contribution in [0.3, 0.4) is 0 Å². The molecule has 0 saturated carbocycles. The van der Waals surface area contributed by atoms with Gasteiger partial charge in [0.15, 0.2) is 5.16 Å². The first-order valence-electron chi connectivity index (χ1n) is 10.1. The summed E-state index contributed by atoms with van der Waals surface area (Å²) in [7, 11) is 0. The van der Waals surface area contributed by atoms with Gasteiger partial charge >= 0.3 is 0 Å². The molecule has 6 nitrogen and oxygen atoms in total. The number of aryl methyl sites for hydroxylation is 1. The van der Waals surface area contributed by atoms with Gasteiger partial charge in [0, 0.05) is 28.5 Å². The summed E-state index contributed by atoms with van der Waals surface area (Å²) >= 11 is 9.11. The van der Waals surface area contributed by atoms with E-state index >= 15 is 0 Å². The van der Waals surface area contributed by atoms with E-state index < -0.39 is 0 Å². The number of carbonyl (C=O) groups is 2. The van der Waals surface area contributed by atoms with Crippen molar-refractivity contribution in [2.24, 2.45) is 0 Å². The number of aromatic nitrogens is 2. The summed E-state index contributed by atoms with van der Waals surface area (Å²) in [6, 6.07) is 16.7. The molecule has 33 heavy (non-hydrogen) atoms. The van der Waals surface area contributed by atoms with E-state index in [-0.39, 0.29) is 17.6 Å². The molecule has 2 heterocycles. The number of benzene rings is 2. The largest absolute Gasteiger partial charge is 0.347 e. The molecule has 0 bridgehead atoms. The number of thioether (sulfide) groups is 1. The van der Waals surface area contributed by atoms with Gasteiger partial charge in [0.25, 0.3) is 5.91 Å². The number of hydrogen-bond donors (Lipinski definition) is 2. The van der Waals surface area contributed by atoms with Gasteiger partial charge in [-0.25, -0.2) is 4.98 Å². The van der Waals surface area contributed by atoms with Crippen LogP contribution < -0.4 is 10.6 Å². The molecule has 4 aromatic rings. The molecule has 0 aliphatic heterocycles. The molecule has 0 aliphatic rings. The van der Waals surface area contributed by atoms with Crippen LogP contribution in [0.1, 0.15) is 20.8 Å². The fraction of sp³-hybridized carbons (Fsp3) is 0.125. The van der Waals surface area contributed by atoms with Gasteiger partial charge in [0.1, 0.15) is 0 Å². The molecule has 2 aromatic carbocycles. The van der Waals surface area contributed by atoms with E-state index in [1.807, 2.05) is 53.3 Å². The number of hydrogen-bond acceptors (Lipinski definition) is 5. The number of rotatable bonds is 8. The first-order valence-corrected chi connectivity index (χ1v) is 12.4. The highest BCUT2D eigenvalue weighted by molar-refractivity contribution is 7.99. The molecule has 9 heteroatoms. The van der Waals surface area contributed by atoms with E-state index in [0.29, 0.717) is 28.0 Å². The van der Waals surface area contributed by atoms with Crippen LogP contribution in [-0.4, -0.2) is 27.1 Å². The lowest BCUT2D eigenvalue weighted by molar-refractivity contribution is -0.113. The molecule has 4 rings (SSSR count). The second-order valence-corrected chi connectivity index (χ2v) is 9.59. The molecule has 0 atom stereocenters. The standard InChI is InChI=1S/C24H21ClN4O2S2/c1-16-7-8-21(20(25)12-16)28-22(30)15-33-24-26-9-10-29(24)18-5-2-4-17(13-18)23(31)27-14-19-6-3-11-32-19/h2-13H,14-15H2,1H3,(H,27,31)(H,28,30). The molecule has 2 amide bonds. The van der Waals surface area contributed by atoms with Gasteiger partial charge in [-0.2, -0.15) is 0 Å². The Hall–Kier alpha value is -3.07. The predicted octanol–water partition coefficient (Wildman–Crippen LogP) is 5.56. The van der Waals surface area contributed by atoms with Gasteiger partial charge in [0.05, 0.1) is 23.0 Å². The van der Waals surface area contributed by atoms with Crippen LogP contribution in [-0.2, 0) is 11.3 Å². The van der Waals surface area contributed by atoms with Gasteiger partial charge in [-0.3, -0.25) is 14.2 Å². The van der Waals surface area contributed by atoms with Crippen LogP contribution in [0.4, 0.5) is 5.69 Å². The van der Waals surface area contributed by atoms with Crippen molar-refractivity contribution in [1.82, 2.24) is 14.9 Å². The number of nitrogens with zero attached hydrogens (tertiary/aromatic N) is 2. The summed E-state index contributed by atoms with van der Waals surface area (Å²) in [5.74, 6) is -0.154. The third-order valence-electron chi connectivity index (χ3n) is 4.73. The first kappa shape index (κ1) is 23.1. The van der Waals surface area contributed by atoms with E-state index in [4.69, 9.17) is 11.6 Å². The number of amides is 2. The number of thiophene rings is 1. The summed E-state index contributed by atoms with van der Waals surface area (Å²) < 4.78 is 1.85. The molecule has 0 unspecified atom stereocenters. The van der Waals surface area contributed by atoms with E-state index in [2.05, 4.69) is 15.6 Å². The lowest BCUT2D eigenvalue weighted by Crippen LogP contribution is -2.22. The lowest BCUT2D eigenvalue weighted by Gasteiger charge is -2.10. The predicted molar refractivity (Wildman–Crippen MR) is 135 cm³/mol. The highest BCUT2D eigenvalue weighted by Gasteiger charge is 2.13. The number of nitrogens with one attached hydrogen (secondary N) is 2. The van der Waals surface area contributed by atoms with E-state index in [1.165, 1.54) is 11.8 Å². The van der Waals surface area contributed by atoms with Crippen molar-refractivity contribution in [1.29, 1.82) is 0 Å². The van der Waals surface area contributed by atoms with E-state index in [1.54, 1.807) is 41.9 Å². The maximum atomic E-state index is 12.6. The second-order valence-electron chi connectivity index (χ2n) is 7.21. The second kappa shape index (κ2) is 10.7. The molecule has 0 saturated heterocycles. The number of halogens is 1. The summed E-state index contributed by atoms with van der Waals surface area (Å²) in [5, 5.41) is 8.90. The monoisotopic (exact) mass is 496 g/mol. The topological polar surface area (TPSA) is 76.0 Å². The third kappa shape index (κ3) is 6.04. The Kier molecular flexibility index (Phi) is 7.49. The van der Waals surface area contributed by atoms with Crippen molar-refractivity contribution < 1.29 is 9.59 Å². The molecule has 2 N–H and O–H groups in total. The van der Waals surface area contributed by atoms with Crippen molar-refractivity contribution in [2.45, 2.75) is 18.6 Å². The Labute approximate surface area is 205 Å². The fourth-order valence-electron chi connectivity index (χ4n) is 3.11. The number of imidazole rings is 1.